The lowest BCUT2D eigenvalue weighted by molar-refractivity contribution is 0.575. The Labute approximate surface area is 169 Å². The lowest BCUT2D eigenvalue weighted by atomic mass is 9.83. The van der Waals surface area contributed by atoms with Crippen molar-refractivity contribution >= 4 is 10.0 Å². The molecule has 0 nitrogen and oxygen atoms in total. The molecule has 0 amide bonds. The summed E-state index contributed by atoms with van der Waals surface area (Å²) in [5, 5.41) is 1.23. The SMILES string of the molecule is CC(C)S1(C(C)C)c2c(cccc2C(C)(C)C)-c2cccc(C(C)(C)C)c21. The highest BCUT2D eigenvalue weighted by Crippen LogP contribution is 2.78. The molecule has 0 spiro atoms. The van der Waals surface area contributed by atoms with Crippen molar-refractivity contribution in [1.82, 2.24) is 0 Å². The Morgan fingerprint density at radius 2 is 0.926 bits per heavy atom. The average Bonchev–Trinajstić information content (AvgIpc) is 2.84. The molecule has 0 saturated heterocycles. The summed E-state index contributed by atoms with van der Waals surface area (Å²) in [6.07, 6.45) is 0. The Morgan fingerprint density at radius 1 is 0.593 bits per heavy atom. The van der Waals surface area contributed by atoms with Crippen molar-refractivity contribution in [2.45, 2.75) is 100 Å². The van der Waals surface area contributed by atoms with Crippen molar-refractivity contribution in [3.8, 4) is 11.1 Å². The number of hydrogen-bond acceptors (Lipinski definition) is 0. The molecule has 3 rings (SSSR count). The van der Waals surface area contributed by atoms with Crippen LogP contribution in [0, 0.1) is 0 Å². The van der Waals surface area contributed by atoms with Crippen molar-refractivity contribution in [3.63, 3.8) is 0 Å². The second kappa shape index (κ2) is 6.41. The van der Waals surface area contributed by atoms with Gasteiger partial charge in [0.15, 0.2) is 0 Å². The van der Waals surface area contributed by atoms with Gasteiger partial charge in [0.1, 0.15) is 0 Å². The van der Waals surface area contributed by atoms with Gasteiger partial charge in [0, 0.05) is 9.79 Å². The smallest absolute Gasteiger partial charge is 0.00625 e. The molecule has 2 aromatic carbocycles. The highest BCUT2D eigenvalue weighted by atomic mass is 32.3. The molecule has 0 aromatic heterocycles. The standard InChI is InChI=1S/C26H38S/c1-17(2)27(18(3)4)23-19(13-11-15-21(23)25(5,6)7)20-14-12-16-22(24(20)27)26(8,9)10/h11-18H,1-10H3. The summed E-state index contributed by atoms with van der Waals surface area (Å²) in [6.45, 7) is 24.1. The summed E-state index contributed by atoms with van der Waals surface area (Å²) in [6, 6.07) is 14.1. The van der Waals surface area contributed by atoms with E-state index in [1.807, 2.05) is 0 Å². The molecule has 2 aromatic rings. The predicted octanol–water partition coefficient (Wildman–Crippen LogP) is 8.30. The van der Waals surface area contributed by atoms with Gasteiger partial charge in [-0.05, 0) is 43.6 Å². The Bertz CT molecular complexity index is 783. The summed E-state index contributed by atoms with van der Waals surface area (Å²) in [4.78, 5) is 3.35. The lowest BCUT2D eigenvalue weighted by Crippen LogP contribution is -2.26. The van der Waals surface area contributed by atoms with Crippen molar-refractivity contribution < 1.29 is 0 Å². The van der Waals surface area contributed by atoms with Crippen molar-refractivity contribution in [3.05, 3.63) is 47.5 Å². The Hall–Kier alpha value is -1.21. The van der Waals surface area contributed by atoms with Crippen LogP contribution in [0.5, 0.6) is 0 Å². The van der Waals surface area contributed by atoms with Gasteiger partial charge < -0.3 is 0 Å². The van der Waals surface area contributed by atoms with Crippen LogP contribution in [0.3, 0.4) is 0 Å². The molecule has 0 N–H and O–H groups in total. The van der Waals surface area contributed by atoms with Crippen LogP contribution in [0.4, 0.5) is 0 Å². The Kier molecular flexibility index (Phi) is 4.87. The van der Waals surface area contributed by atoms with E-state index in [0.717, 1.165) is 0 Å². The number of hydrogen-bond donors (Lipinski definition) is 0. The third-order valence-corrected chi connectivity index (χ3v) is 11.3. The van der Waals surface area contributed by atoms with Crippen LogP contribution in [0.25, 0.3) is 11.1 Å². The van der Waals surface area contributed by atoms with Gasteiger partial charge in [0.2, 0.25) is 0 Å². The van der Waals surface area contributed by atoms with E-state index in [0.29, 0.717) is 10.5 Å². The summed E-state index contributed by atoms with van der Waals surface area (Å²) in [5.74, 6) is 0. The lowest BCUT2D eigenvalue weighted by Gasteiger charge is -2.50. The molecular weight excluding hydrogens is 344 g/mol. The van der Waals surface area contributed by atoms with Crippen molar-refractivity contribution in [2.24, 2.45) is 0 Å². The molecule has 0 fully saturated rings. The predicted molar refractivity (Wildman–Crippen MR) is 124 cm³/mol. The highest BCUT2D eigenvalue weighted by molar-refractivity contribution is 8.35. The van der Waals surface area contributed by atoms with E-state index in [4.69, 9.17) is 0 Å². The Morgan fingerprint density at radius 3 is 1.19 bits per heavy atom. The third-order valence-electron chi connectivity index (χ3n) is 6.10. The minimum Gasteiger partial charge on any atom is -0.181 e. The Balaban J connectivity index is 2.57. The summed E-state index contributed by atoms with van der Waals surface area (Å²) in [7, 11) is -1.14. The zero-order valence-electron chi connectivity index (χ0n) is 19.0. The molecule has 27 heavy (non-hydrogen) atoms. The molecule has 1 aliphatic heterocycles. The quantitative estimate of drug-likeness (QED) is 0.490. The van der Waals surface area contributed by atoms with Crippen LogP contribution in [-0.2, 0) is 10.8 Å². The molecule has 0 aliphatic carbocycles. The first-order valence-corrected chi connectivity index (χ1v) is 12.2. The van der Waals surface area contributed by atoms with Crippen LogP contribution in [0.1, 0.15) is 80.4 Å². The molecule has 0 atom stereocenters. The zero-order chi connectivity index (χ0) is 20.4. The third kappa shape index (κ3) is 2.89. The van der Waals surface area contributed by atoms with E-state index in [2.05, 4.69) is 106 Å². The summed E-state index contributed by atoms with van der Waals surface area (Å²) < 4.78 is 0. The molecule has 0 bridgehead atoms. The van der Waals surface area contributed by atoms with Gasteiger partial charge in [-0.2, -0.15) is 10.0 Å². The van der Waals surface area contributed by atoms with Crippen molar-refractivity contribution in [2.75, 3.05) is 0 Å². The monoisotopic (exact) mass is 382 g/mol. The van der Waals surface area contributed by atoms with Gasteiger partial charge in [-0.15, -0.1) is 0 Å². The first-order valence-electron chi connectivity index (χ1n) is 10.4. The van der Waals surface area contributed by atoms with Gasteiger partial charge in [-0.25, -0.2) is 0 Å². The minimum absolute atomic E-state index is 0.150. The maximum absolute atomic E-state index is 2.47. The first kappa shape index (κ1) is 20.5. The maximum Gasteiger partial charge on any atom is 0.00625 e. The topological polar surface area (TPSA) is 0 Å². The van der Waals surface area contributed by atoms with Gasteiger partial charge in [-0.1, -0.05) is 106 Å². The highest BCUT2D eigenvalue weighted by Gasteiger charge is 2.48. The molecule has 1 heteroatoms. The minimum atomic E-state index is -1.14. The van der Waals surface area contributed by atoms with Crippen LogP contribution >= 0.6 is 10.0 Å². The normalized spacial score (nSPS) is 17.2. The van der Waals surface area contributed by atoms with E-state index in [1.54, 1.807) is 20.9 Å². The van der Waals surface area contributed by atoms with Crippen LogP contribution in [0.2, 0.25) is 0 Å². The number of rotatable bonds is 2. The van der Waals surface area contributed by atoms with Gasteiger partial charge in [0.05, 0.1) is 0 Å². The summed E-state index contributed by atoms with van der Waals surface area (Å²) in [5.41, 5.74) is 6.40. The fourth-order valence-corrected chi connectivity index (χ4v) is 10.7. The molecule has 0 radical (unpaired) electrons. The van der Waals surface area contributed by atoms with Gasteiger partial charge in [-0.3, -0.25) is 0 Å². The molecule has 0 saturated carbocycles. The van der Waals surface area contributed by atoms with E-state index in [9.17, 15) is 0 Å². The van der Waals surface area contributed by atoms with Crippen LogP contribution in [-0.4, -0.2) is 10.5 Å². The fraction of sp³-hybridized carbons (Fsp3) is 0.538. The first-order chi connectivity index (χ1) is 12.3. The summed E-state index contributed by atoms with van der Waals surface area (Å²) >= 11 is 0. The fourth-order valence-electron chi connectivity index (χ4n) is 5.00. The average molecular weight is 383 g/mol. The van der Waals surface area contributed by atoms with Gasteiger partial charge in [0.25, 0.3) is 0 Å². The molecule has 1 aliphatic rings. The van der Waals surface area contributed by atoms with Crippen LogP contribution in [0.15, 0.2) is 46.2 Å². The van der Waals surface area contributed by atoms with E-state index < -0.39 is 10.0 Å². The second-order valence-electron chi connectivity index (χ2n) is 10.7. The molecule has 0 unspecified atom stereocenters. The van der Waals surface area contributed by atoms with E-state index in [-0.39, 0.29) is 10.8 Å². The van der Waals surface area contributed by atoms with Gasteiger partial charge >= 0.3 is 0 Å². The maximum atomic E-state index is 2.47. The van der Waals surface area contributed by atoms with E-state index >= 15 is 0 Å². The zero-order valence-corrected chi connectivity index (χ0v) is 19.8. The number of fused-ring (bicyclic) bond motifs is 3. The largest absolute Gasteiger partial charge is 0.181 e. The number of benzene rings is 2. The molecule has 148 valence electrons. The van der Waals surface area contributed by atoms with Crippen LogP contribution < -0.4 is 0 Å². The van der Waals surface area contributed by atoms with Crippen molar-refractivity contribution in [1.29, 1.82) is 0 Å². The van der Waals surface area contributed by atoms with E-state index in [1.165, 1.54) is 11.1 Å². The molecule has 1 heterocycles. The second-order valence-corrected chi connectivity index (χ2v) is 14.8. The molecular formula is C26H38S.